The van der Waals surface area contributed by atoms with Gasteiger partial charge in [-0.15, -0.1) is 0 Å². The van der Waals surface area contributed by atoms with Crippen molar-refractivity contribution in [1.29, 1.82) is 0 Å². The Balaban J connectivity index is 1.52. The van der Waals surface area contributed by atoms with Crippen molar-refractivity contribution in [3.8, 4) is 0 Å². The van der Waals surface area contributed by atoms with Gasteiger partial charge in [0, 0.05) is 11.5 Å². The fourth-order valence-corrected chi connectivity index (χ4v) is 3.37. The van der Waals surface area contributed by atoms with Gasteiger partial charge in [-0.25, -0.2) is 4.98 Å². The number of anilines is 1. The van der Waals surface area contributed by atoms with Crippen LogP contribution in [0.25, 0.3) is 22.1 Å². The maximum atomic E-state index is 12.8. The molecule has 0 saturated heterocycles. The standard InChI is InChI=1S/C21H22N6O4/c1-12(2)9-14(20(29)25-16-7-8-23-26-16)24-17(28)10-27-11-22-18-13-5-3-4-6-15(13)31-19(18)21(27)30/h3-8,11-12,14H,9-10H2,1-2H3,(H,24,28)(H2,23,25,26,29). The number of para-hydroxylation sites is 1. The Morgan fingerprint density at radius 3 is 2.77 bits per heavy atom. The summed E-state index contributed by atoms with van der Waals surface area (Å²) in [5, 5.41) is 12.5. The topological polar surface area (TPSA) is 135 Å². The molecule has 160 valence electrons. The minimum absolute atomic E-state index is 0.0900. The zero-order valence-electron chi connectivity index (χ0n) is 17.1. The number of aromatic amines is 1. The Kier molecular flexibility index (Phi) is 5.52. The van der Waals surface area contributed by atoms with Crippen LogP contribution >= 0.6 is 0 Å². The summed E-state index contributed by atoms with van der Waals surface area (Å²) in [6, 6.07) is 8.05. The zero-order chi connectivity index (χ0) is 22.0. The van der Waals surface area contributed by atoms with Gasteiger partial charge in [-0.05, 0) is 24.5 Å². The molecule has 0 fully saturated rings. The third kappa shape index (κ3) is 4.32. The highest BCUT2D eigenvalue weighted by atomic mass is 16.3. The number of carbonyl (C=O) groups excluding carboxylic acids is 2. The lowest BCUT2D eigenvalue weighted by Crippen LogP contribution is -2.46. The van der Waals surface area contributed by atoms with Crippen LogP contribution in [-0.4, -0.2) is 37.6 Å². The predicted octanol–water partition coefficient (Wildman–Crippen LogP) is 2.04. The Labute approximate surface area is 176 Å². The van der Waals surface area contributed by atoms with Gasteiger partial charge in [-0.2, -0.15) is 5.10 Å². The normalized spacial score (nSPS) is 12.4. The van der Waals surface area contributed by atoms with Gasteiger partial charge in [0.05, 0.1) is 12.5 Å². The van der Waals surface area contributed by atoms with Crippen LogP contribution in [-0.2, 0) is 16.1 Å². The van der Waals surface area contributed by atoms with Crippen molar-refractivity contribution in [3.63, 3.8) is 0 Å². The largest absolute Gasteiger partial charge is 0.448 e. The van der Waals surface area contributed by atoms with Crippen LogP contribution in [0.4, 0.5) is 5.82 Å². The van der Waals surface area contributed by atoms with Crippen LogP contribution < -0.4 is 16.2 Å². The number of hydrogen-bond donors (Lipinski definition) is 3. The zero-order valence-corrected chi connectivity index (χ0v) is 17.1. The van der Waals surface area contributed by atoms with Gasteiger partial charge in [-0.3, -0.25) is 24.0 Å². The molecule has 1 aromatic carbocycles. The van der Waals surface area contributed by atoms with Gasteiger partial charge < -0.3 is 15.1 Å². The number of amides is 2. The molecule has 4 aromatic rings. The summed E-state index contributed by atoms with van der Waals surface area (Å²) in [4.78, 5) is 42.3. The average Bonchev–Trinajstić information content (AvgIpc) is 3.37. The number of hydrogen-bond acceptors (Lipinski definition) is 6. The van der Waals surface area contributed by atoms with E-state index in [0.29, 0.717) is 23.3 Å². The highest BCUT2D eigenvalue weighted by Crippen LogP contribution is 2.24. The third-order valence-corrected chi connectivity index (χ3v) is 4.78. The molecule has 0 aliphatic heterocycles. The van der Waals surface area contributed by atoms with Gasteiger partial charge >= 0.3 is 0 Å². The van der Waals surface area contributed by atoms with Crippen LogP contribution in [0, 0.1) is 5.92 Å². The maximum Gasteiger partial charge on any atom is 0.297 e. The number of aromatic nitrogens is 4. The van der Waals surface area contributed by atoms with Gasteiger partial charge in [-0.1, -0.05) is 26.0 Å². The lowest BCUT2D eigenvalue weighted by molar-refractivity contribution is -0.127. The number of furan rings is 1. The molecule has 0 bridgehead atoms. The van der Waals surface area contributed by atoms with Crippen molar-refractivity contribution in [2.75, 3.05) is 5.32 Å². The molecule has 4 rings (SSSR count). The first-order valence-corrected chi connectivity index (χ1v) is 9.88. The average molecular weight is 422 g/mol. The molecule has 3 aromatic heterocycles. The second kappa shape index (κ2) is 8.42. The van der Waals surface area contributed by atoms with E-state index in [1.807, 2.05) is 26.0 Å². The smallest absolute Gasteiger partial charge is 0.297 e. The lowest BCUT2D eigenvalue weighted by Gasteiger charge is -2.20. The number of nitrogens with zero attached hydrogens (tertiary/aromatic N) is 3. The Hall–Kier alpha value is -3.95. The van der Waals surface area contributed by atoms with E-state index in [-0.39, 0.29) is 24.0 Å². The van der Waals surface area contributed by atoms with E-state index < -0.39 is 17.5 Å². The first-order valence-electron chi connectivity index (χ1n) is 9.88. The summed E-state index contributed by atoms with van der Waals surface area (Å²) in [5.74, 6) is -0.257. The van der Waals surface area contributed by atoms with Crippen LogP contribution in [0.2, 0.25) is 0 Å². The molecule has 10 nitrogen and oxygen atoms in total. The summed E-state index contributed by atoms with van der Waals surface area (Å²) >= 11 is 0. The number of benzene rings is 1. The first kappa shape index (κ1) is 20.3. The summed E-state index contributed by atoms with van der Waals surface area (Å²) < 4.78 is 6.80. The SMILES string of the molecule is CC(C)CC(NC(=O)Cn1cnc2c(oc3ccccc32)c1=O)C(=O)Nc1ccn[nH]1. The number of carbonyl (C=O) groups is 2. The third-order valence-electron chi connectivity index (χ3n) is 4.78. The molecular formula is C21H22N6O4. The van der Waals surface area contributed by atoms with Crippen molar-refractivity contribution in [3.05, 3.63) is 53.2 Å². The second-order valence-electron chi connectivity index (χ2n) is 7.66. The van der Waals surface area contributed by atoms with Gasteiger partial charge in [0.15, 0.2) is 0 Å². The molecule has 10 heteroatoms. The van der Waals surface area contributed by atoms with Crippen LogP contribution in [0.3, 0.4) is 0 Å². The molecule has 0 saturated carbocycles. The van der Waals surface area contributed by atoms with E-state index in [9.17, 15) is 14.4 Å². The molecule has 0 spiro atoms. The fraction of sp³-hybridized carbons (Fsp3) is 0.286. The first-order chi connectivity index (χ1) is 14.9. The minimum Gasteiger partial charge on any atom is -0.448 e. The summed E-state index contributed by atoms with van der Waals surface area (Å²) in [7, 11) is 0. The Morgan fingerprint density at radius 2 is 2.03 bits per heavy atom. The summed E-state index contributed by atoms with van der Waals surface area (Å²) in [6.45, 7) is 3.61. The van der Waals surface area contributed by atoms with Crippen molar-refractivity contribution in [1.82, 2.24) is 25.1 Å². The number of H-pyrrole nitrogens is 1. The number of rotatable bonds is 7. The van der Waals surface area contributed by atoms with Crippen LogP contribution in [0.15, 0.2) is 52.1 Å². The predicted molar refractivity (Wildman–Crippen MR) is 114 cm³/mol. The Morgan fingerprint density at radius 1 is 1.23 bits per heavy atom. The summed E-state index contributed by atoms with van der Waals surface area (Å²) in [5.41, 5.74) is 0.636. The molecule has 1 atom stereocenters. The summed E-state index contributed by atoms with van der Waals surface area (Å²) in [6.07, 6.45) is 3.26. The van der Waals surface area contributed by atoms with E-state index >= 15 is 0 Å². The molecule has 3 heterocycles. The molecule has 1 unspecified atom stereocenters. The van der Waals surface area contributed by atoms with Crippen molar-refractivity contribution >= 4 is 39.7 Å². The van der Waals surface area contributed by atoms with E-state index in [1.165, 1.54) is 17.1 Å². The number of nitrogens with one attached hydrogen (secondary N) is 3. The monoisotopic (exact) mass is 422 g/mol. The maximum absolute atomic E-state index is 12.8. The molecule has 0 radical (unpaired) electrons. The van der Waals surface area contributed by atoms with Crippen molar-refractivity contribution in [2.24, 2.45) is 5.92 Å². The highest BCUT2D eigenvalue weighted by Gasteiger charge is 2.23. The molecular weight excluding hydrogens is 400 g/mol. The minimum atomic E-state index is -0.769. The van der Waals surface area contributed by atoms with Crippen LogP contribution in [0.5, 0.6) is 0 Å². The lowest BCUT2D eigenvalue weighted by atomic mass is 10.0. The molecule has 0 aliphatic carbocycles. The van der Waals surface area contributed by atoms with Crippen LogP contribution in [0.1, 0.15) is 20.3 Å². The van der Waals surface area contributed by atoms with E-state index in [4.69, 9.17) is 4.42 Å². The van der Waals surface area contributed by atoms with E-state index in [1.54, 1.807) is 18.2 Å². The fourth-order valence-electron chi connectivity index (χ4n) is 3.37. The molecule has 0 aliphatic rings. The number of fused-ring (bicyclic) bond motifs is 3. The quantitative estimate of drug-likeness (QED) is 0.417. The molecule has 3 N–H and O–H groups in total. The van der Waals surface area contributed by atoms with Gasteiger partial charge in [0.2, 0.25) is 17.4 Å². The van der Waals surface area contributed by atoms with Gasteiger partial charge in [0.1, 0.15) is 29.5 Å². The van der Waals surface area contributed by atoms with Crippen molar-refractivity contribution < 1.29 is 14.0 Å². The van der Waals surface area contributed by atoms with Gasteiger partial charge in [0.25, 0.3) is 5.56 Å². The van der Waals surface area contributed by atoms with Crippen molar-refractivity contribution in [2.45, 2.75) is 32.9 Å². The molecule has 31 heavy (non-hydrogen) atoms. The highest BCUT2D eigenvalue weighted by molar-refractivity contribution is 6.01. The Bertz CT molecular complexity index is 1290. The van der Waals surface area contributed by atoms with E-state index in [2.05, 4.69) is 25.8 Å². The van der Waals surface area contributed by atoms with E-state index in [0.717, 1.165) is 5.39 Å². The second-order valence-corrected chi connectivity index (χ2v) is 7.66. The molecule has 2 amide bonds.